The summed E-state index contributed by atoms with van der Waals surface area (Å²) in [5.74, 6) is 0. The van der Waals surface area contributed by atoms with E-state index in [9.17, 15) is 5.11 Å². The van der Waals surface area contributed by atoms with Crippen LogP contribution in [0.5, 0.6) is 0 Å². The zero-order chi connectivity index (χ0) is 22.5. The Labute approximate surface area is 193 Å². The Hall–Kier alpha value is -2.68. The van der Waals surface area contributed by atoms with Gasteiger partial charge in [0.05, 0.1) is 11.4 Å². The summed E-state index contributed by atoms with van der Waals surface area (Å²) >= 11 is 1.51. The smallest absolute Gasteiger partial charge is 0.186 e. The number of aromatic amines is 1. The van der Waals surface area contributed by atoms with Gasteiger partial charge in [-0.3, -0.25) is 5.32 Å². The van der Waals surface area contributed by atoms with Crippen molar-refractivity contribution in [2.75, 3.05) is 25.0 Å². The van der Waals surface area contributed by atoms with Crippen molar-refractivity contribution in [2.45, 2.75) is 44.9 Å². The summed E-state index contributed by atoms with van der Waals surface area (Å²) in [6, 6.07) is 8.52. The largest absolute Gasteiger partial charge is 0.390 e. The van der Waals surface area contributed by atoms with Crippen molar-refractivity contribution in [3.63, 3.8) is 0 Å². The van der Waals surface area contributed by atoms with E-state index in [4.69, 9.17) is 5.41 Å². The maximum atomic E-state index is 11.0. The van der Waals surface area contributed by atoms with Gasteiger partial charge >= 0.3 is 0 Å². The van der Waals surface area contributed by atoms with E-state index in [0.717, 1.165) is 52.5 Å². The molecule has 4 rings (SSSR count). The van der Waals surface area contributed by atoms with Crippen LogP contribution in [-0.2, 0) is 6.42 Å². The number of fused-ring (bicyclic) bond motifs is 1. The highest BCUT2D eigenvalue weighted by Gasteiger charge is 2.24. The number of hydrogen-bond donors (Lipinski definition) is 5. The van der Waals surface area contributed by atoms with Gasteiger partial charge in [0.2, 0.25) is 0 Å². The zero-order valence-corrected chi connectivity index (χ0v) is 19.5. The number of aliphatic hydroxyl groups is 1. The van der Waals surface area contributed by atoms with E-state index < -0.39 is 6.23 Å². The molecule has 3 heterocycles. The molecule has 0 saturated heterocycles. The Morgan fingerprint density at radius 1 is 1.34 bits per heavy atom. The molecule has 3 aromatic rings. The molecule has 0 saturated carbocycles. The molecule has 0 bridgehead atoms. The van der Waals surface area contributed by atoms with E-state index in [1.54, 1.807) is 6.20 Å². The zero-order valence-electron chi connectivity index (χ0n) is 18.7. The van der Waals surface area contributed by atoms with Crippen molar-refractivity contribution >= 4 is 33.6 Å². The molecule has 0 amide bonds. The van der Waals surface area contributed by atoms with Crippen LogP contribution in [0.4, 0.5) is 5.13 Å². The average Bonchev–Trinajstić information content (AvgIpc) is 3.55. The average molecular weight is 453 g/mol. The van der Waals surface area contributed by atoms with Gasteiger partial charge in [0, 0.05) is 60.4 Å². The van der Waals surface area contributed by atoms with Gasteiger partial charge in [0.25, 0.3) is 0 Å². The summed E-state index contributed by atoms with van der Waals surface area (Å²) in [4.78, 5) is 10.9. The first-order valence-electron chi connectivity index (χ1n) is 11.2. The summed E-state index contributed by atoms with van der Waals surface area (Å²) in [5.41, 5.74) is 4.44. The molecule has 170 valence electrons. The molecule has 0 aliphatic carbocycles. The lowest BCUT2D eigenvalue weighted by Crippen LogP contribution is -2.34. The van der Waals surface area contributed by atoms with E-state index >= 15 is 0 Å². The van der Waals surface area contributed by atoms with E-state index in [0.29, 0.717) is 13.1 Å². The van der Waals surface area contributed by atoms with Crippen molar-refractivity contribution in [3.05, 3.63) is 58.4 Å². The maximum Gasteiger partial charge on any atom is 0.186 e. The molecule has 8 heteroatoms. The fourth-order valence-corrected chi connectivity index (χ4v) is 5.13. The Balaban J connectivity index is 1.43. The van der Waals surface area contributed by atoms with Gasteiger partial charge in [-0.25, -0.2) is 4.98 Å². The minimum Gasteiger partial charge on any atom is -0.390 e. The van der Waals surface area contributed by atoms with Crippen molar-refractivity contribution in [3.8, 4) is 0 Å². The SMILES string of the molecule is CCCCC(Cc1c[nH]c2ccccc12)NC(O)c1cnc(N2CC(C=N)=C(NC)C2)s1. The summed E-state index contributed by atoms with van der Waals surface area (Å²) < 4.78 is 0. The molecule has 32 heavy (non-hydrogen) atoms. The first kappa shape index (κ1) is 22.5. The second-order valence-corrected chi connectivity index (χ2v) is 9.31. The number of nitrogens with zero attached hydrogens (tertiary/aromatic N) is 2. The first-order chi connectivity index (χ1) is 15.6. The van der Waals surface area contributed by atoms with Gasteiger partial charge in [0.15, 0.2) is 5.13 Å². The van der Waals surface area contributed by atoms with Gasteiger partial charge in [-0.1, -0.05) is 49.3 Å². The quantitative estimate of drug-likeness (QED) is 0.224. The highest BCUT2D eigenvalue weighted by molar-refractivity contribution is 7.15. The lowest BCUT2D eigenvalue weighted by molar-refractivity contribution is 0.123. The number of nitrogens with one attached hydrogen (secondary N) is 4. The number of rotatable bonds is 11. The predicted molar refractivity (Wildman–Crippen MR) is 133 cm³/mol. The highest BCUT2D eigenvalue weighted by Crippen LogP contribution is 2.30. The van der Waals surface area contributed by atoms with Crippen LogP contribution in [0.2, 0.25) is 0 Å². The Morgan fingerprint density at radius 2 is 2.19 bits per heavy atom. The molecule has 5 N–H and O–H groups in total. The molecular formula is C24H32N6OS. The highest BCUT2D eigenvalue weighted by atomic mass is 32.1. The lowest BCUT2D eigenvalue weighted by atomic mass is 10.0. The number of likely N-dealkylation sites (N-methyl/N-ethyl adjacent to an activating group) is 1. The third kappa shape index (κ3) is 4.87. The van der Waals surface area contributed by atoms with Crippen LogP contribution in [0, 0.1) is 5.41 Å². The van der Waals surface area contributed by atoms with E-state index in [2.05, 4.69) is 56.8 Å². The van der Waals surface area contributed by atoms with E-state index in [1.165, 1.54) is 28.5 Å². The lowest BCUT2D eigenvalue weighted by Gasteiger charge is -2.22. The number of aromatic nitrogens is 2. The molecule has 2 aromatic heterocycles. The topological polar surface area (TPSA) is 100 Å². The summed E-state index contributed by atoms with van der Waals surface area (Å²) in [5, 5.41) is 27.3. The second-order valence-electron chi connectivity index (χ2n) is 8.27. The standard InChI is InChI=1S/C24H32N6OS/c1-3-4-7-18(10-16-12-27-20-9-6-5-8-19(16)20)29-23(31)22-13-28-24(32-22)30-14-17(11-25)21(15-30)26-2/h5-6,8-9,11-13,18,23,25-27,29,31H,3-4,7,10,14-15H2,1-2H3. The third-order valence-corrected chi connectivity index (χ3v) is 7.18. The van der Waals surface area contributed by atoms with Gasteiger partial charge in [-0.05, 0) is 24.5 Å². The fraction of sp³-hybridized carbons (Fsp3) is 0.417. The molecule has 0 fully saturated rings. The van der Waals surface area contributed by atoms with Crippen LogP contribution in [0.1, 0.15) is 42.9 Å². The number of benzene rings is 1. The van der Waals surface area contributed by atoms with Crippen molar-refractivity contribution in [1.82, 2.24) is 20.6 Å². The molecule has 7 nitrogen and oxygen atoms in total. The Kier molecular flexibility index (Phi) is 7.24. The van der Waals surface area contributed by atoms with Crippen LogP contribution >= 0.6 is 11.3 Å². The maximum absolute atomic E-state index is 11.0. The minimum atomic E-state index is -0.755. The number of unbranched alkanes of at least 4 members (excludes halogenated alkanes) is 1. The molecular weight excluding hydrogens is 420 g/mol. The van der Waals surface area contributed by atoms with Gasteiger partial charge in [0.1, 0.15) is 6.23 Å². The molecule has 2 unspecified atom stereocenters. The number of H-pyrrole nitrogens is 1. The number of aliphatic hydroxyl groups excluding tert-OH is 1. The van der Waals surface area contributed by atoms with Crippen LogP contribution in [0.25, 0.3) is 10.9 Å². The van der Waals surface area contributed by atoms with Crippen LogP contribution < -0.4 is 15.5 Å². The van der Waals surface area contributed by atoms with Crippen molar-refractivity contribution in [2.24, 2.45) is 0 Å². The monoisotopic (exact) mass is 452 g/mol. The Morgan fingerprint density at radius 3 is 2.94 bits per heavy atom. The molecule has 1 aromatic carbocycles. The first-order valence-corrected chi connectivity index (χ1v) is 12.0. The van der Waals surface area contributed by atoms with E-state index in [1.807, 2.05) is 13.1 Å². The fourth-order valence-electron chi connectivity index (χ4n) is 4.27. The molecule has 1 aliphatic rings. The summed E-state index contributed by atoms with van der Waals surface area (Å²) in [6.45, 7) is 3.56. The van der Waals surface area contributed by atoms with Crippen molar-refractivity contribution < 1.29 is 5.11 Å². The van der Waals surface area contributed by atoms with Gasteiger partial charge in [-0.15, -0.1) is 0 Å². The molecule has 2 atom stereocenters. The van der Waals surface area contributed by atoms with Crippen LogP contribution in [0.15, 0.2) is 47.9 Å². The molecule has 0 radical (unpaired) electrons. The summed E-state index contributed by atoms with van der Waals surface area (Å²) in [6.07, 6.45) is 8.59. The summed E-state index contributed by atoms with van der Waals surface area (Å²) in [7, 11) is 1.88. The predicted octanol–water partition coefficient (Wildman–Crippen LogP) is 3.95. The normalized spacial score (nSPS) is 16.0. The number of thiazole rings is 1. The third-order valence-electron chi connectivity index (χ3n) is 6.07. The minimum absolute atomic E-state index is 0.170. The van der Waals surface area contributed by atoms with Crippen LogP contribution in [0.3, 0.4) is 0 Å². The molecule has 0 spiro atoms. The van der Waals surface area contributed by atoms with E-state index in [-0.39, 0.29) is 6.04 Å². The number of para-hydroxylation sites is 1. The number of hydrogen-bond acceptors (Lipinski definition) is 7. The van der Waals surface area contributed by atoms with Gasteiger partial charge < -0.3 is 25.7 Å². The number of anilines is 1. The Bertz CT molecular complexity index is 1090. The second kappa shape index (κ2) is 10.3. The van der Waals surface area contributed by atoms with Gasteiger partial charge in [-0.2, -0.15) is 0 Å². The van der Waals surface area contributed by atoms with Crippen LogP contribution in [-0.4, -0.2) is 47.5 Å². The molecule has 1 aliphatic heterocycles. The van der Waals surface area contributed by atoms with Crippen molar-refractivity contribution in [1.29, 1.82) is 5.41 Å².